The van der Waals surface area contributed by atoms with E-state index >= 15 is 0 Å². The molecule has 0 radical (unpaired) electrons. The number of hydrogen-bond acceptors (Lipinski definition) is 10. The molecule has 4 heterocycles. The number of aryl methyl sites for hydroxylation is 1. The molecule has 0 aliphatic heterocycles. The van der Waals surface area contributed by atoms with E-state index < -0.39 is 31.6 Å². The van der Waals surface area contributed by atoms with Gasteiger partial charge in [0.15, 0.2) is 11.5 Å². The average Bonchev–Trinajstić information content (AvgIpc) is 3.79. The number of methoxy groups -OCH3 is 1. The van der Waals surface area contributed by atoms with Crippen LogP contribution in [0.5, 0.6) is 11.8 Å². The first kappa shape index (κ1) is 39.7. The number of fused-ring (bicyclic) bond motifs is 1. The molecule has 4 aromatic heterocycles. The predicted octanol–water partition coefficient (Wildman–Crippen LogP) is 8.11. The molecule has 5 aromatic rings. The standard InChI is InChI=1S/C38H47F3N8O5Si/c1-37(2,3)54-36(50)42-17-26-18-49(22-52-15-16-55(6,7)8)33-28(26)35(47-31(46-33)29-30(24-13-14-24)43-21-44-34(29)51-5)53-20-23-9-11-25(12-10-23)32-45-27(19-48(32)4)38(39,40)41/h9-12,18-19,21,24H,13-17,20,22H2,1-8H3,(H,42,50). The third-order valence-corrected chi connectivity index (χ3v) is 10.5. The van der Waals surface area contributed by atoms with Crippen LogP contribution in [0.3, 0.4) is 0 Å². The van der Waals surface area contributed by atoms with Crippen LogP contribution in [-0.2, 0) is 42.6 Å². The summed E-state index contributed by atoms with van der Waals surface area (Å²) in [6.45, 7) is 13.1. The fourth-order valence-electron chi connectivity index (χ4n) is 5.89. The van der Waals surface area contributed by atoms with Gasteiger partial charge in [0.2, 0.25) is 11.8 Å². The number of amides is 1. The fraction of sp³-hybridized carbons (Fsp3) is 0.474. The first-order valence-electron chi connectivity index (χ1n) is 18.1. The Balaban J connectivity index is 1.40. The molecule has 0 bridgehead atoms. The molecule has 1 amide bonds. The van der Waals surface area contributed by atoms with Crippen LogP contribution in [-0.4, -0.2) is 67.5 Å². The number of nitrogens with zero attached hydrogens (tertiary/aromatic N) is 7. The van der Waals surface area contributed by atoms with Gasteiger partial charge in [-0.05, 0) is 45.2 Å². The third-order valence-electron chi connectivity index (χ3n) is 8.79. The first-order valence-corrected chi connectivity index (χ1v) is 21.8. The van der Waals surface area contributed by atoms with E-state index in [0.717, 1.165) is 36.3 Å². The fourth-order valence-corrected chi connectivity index (χ4v) is 6.65. The Kier molecular flexibility index (Phi) is 11.3. The Hall–Kier alpha value is -5.03. The summed E-state index contributed by atoms with van der Waals surface area (Å²) in [7, 11) is 1.69. The maximum Gasteiger partial charge on any atom is 0.434 e. The van der Waals surface area contributed by atoms with Crippen LogP contribution in [0.1, 0.15) is 62.0 Å². The van der Waals surface area contributed by atoms with Gasteiger partial charge in [-0.3, -0.25) is 0 Å². The number of rotatable bonds is 14. The largest absolute Gasteiger partial charge is 0.480 e. The van der Waals surface area contributed by atoms with Gasteiger partial charge in [0, 0.05) is 57.7 Å². The highest BCUT2D eigenvalue weighted by molar-refractivity contribution is 6.76. The maximum absolute atomic E-state index is 13.3. The van der Waals surface area contributed by atoms with Crippen LogP contribution in [0, 0.1) is 0 Å². The molecule has 1 N–H and O–H groups in total. The zero-order chi connectivity index (χ0) is 39.7. The van der Waals surface area contributed by atoms with Gasteiger partial charge in [-0.2, -0.15) is 18.2 Å². The molecule has 1 fully saturated rings. The number of benzene rings is 1. The van der Waals surface area contributed by atoms with Gasteiger partial charge < -0.3 is 33.4 Å². The van der Waals surface area contributed by atoms with Crippen LogP contribution >= 0.6 is 0 Å². The lowest BCUT2D eigenvalue weighted by Gasteiger charge is -2.19. The summed E-state index contributed by atoms with van der Waals surface area (Å²) in [4.78, 5) is 35.6. The molecule has 1 aliphatic rings. The second kappa shape index (κ2) is 15.6. The maximum atomic E-state index is 13.3. The molecule has 6 rings (SSSR count). The van der Waals surface area contributed by atoms with E-state index in [1.807, 2.05) is 10.8 Å². The van der Waals surface area contributed by atoms with E-state index in [1.54, 1.807) is 45.0 Å². The third kappa shape index (κ3) is 9.80. The lowest BCUT2D eigenvalue weighted by atomic mass is 10.1. The van der Waals surface area contributed by atoms with Gasteiger partial charge in [0.05, 0.1) is 18.2 Å². The van der Waals surface area contributed by atoms with Gasteiger partial charge in [0.25, 0.3) is 0 Å². The van der Waals surface area contributed by atoms with Crippen molar-refractivity contribution in [2.45, 2.75) is 96.9 Å². The van der Waals surface area contributed by atoms with Crippen molar-refractivity contribution in [2.24, 2.45) is 7.05 Å². The van der Waals surface area contributed by atoms with Crippen LogP contribution in [0.15, 0.2) is 43.0 Å². The van der Waals surface area contributed by atoms with Gasteiger partial charge in [-0.15, -0.1) is 0 Å². The Morgan fingerprint density at radius 1 is 1.00 bits per heavy atom. The number of nitrogens with one attached hydrogen (secondary N) is 1. The summed E-state index contributed by atoms with van der Waals surface area (Å²) in [5, 5.41) is 3.40. The predicted molar refractivity (Wildman–Crippen MR) is 202 cm³/mol. The highest BCUT2D eigenvalue weighted by atomic mass is 28.3. The minimum absolute atomic E-state index is 0.0505. The van der Waals surface area contributed by atoms with Crippen molar-refractivity contribution in [3.05, 3.63) is 65.5 Å². The number of imidazole rings is 1. The lowest BCUT2D eigenvalue weighted by molar-refractivity contribution is -0.140. The van der Waals surface area contributed by atoms with Gasteiger partial charge >= 0.3 is 12.3 Å². The zero-order valence-corrected chi connectivity index (χ0v) is 33.4. The smallest absolute Gasteiger partial charge is 0.434 e. The summed E-state index contributed by atoms with van der Waals surface area (Å²) in [6, 6.07) is 7.89. The average molecular weight is 781 g/mol. The van der Waals surface area contributed by atoms with E-state index in [1.165, 1.54) is 25.1 Å². The van der Waals surface area contributed by atoms with Crippen LogP contribution in [0.2, 0.25) is 25.7 Å². The number of aromatic nitrogens is 7. The van der Waals surface area contributed by atoms with Gasteiger partial charge in [-0.25, -0.2) is 24.7 Å². The van der Waals surface area contributed by atoms with E-state index in [-0.39, 0.29) is 37.5 Å². The molecule has 0 saturated heterocycles. The van der Waals surface area contributed by atoms with E-state index in [2.05, 4.69) is 39.9 Å². The van der Waals surface area contributed by atoms with Crippen LogP contribution in [0.25, 0.3) is 33.8 Å². The quantitative estimate of drug-likeness (QED) is 0.0868. The van der Waals surface area contributed by atoms with Crippen LogP contribution in [0.4, 0.5) is 18.0 Å². The topological polar surface area (TPSA) is 140 Å². The second-order valence-electron chi connectivity index (χ2n) is 15.8. The molecule has 13 nitrogen and oxygen atoms in total. The Bertz CT molecular complexity index is 2150. The van der Waals surface area contributed by atoms with E-state index in [9.17, 15) is 18.0 Å². The van der Waals surface area contributed by atoms with Crippen molar-refractivity contribution in [3.8, 4) is 34.5 Å². The van der Waals surface area contributed by atoms with Gasteiger partial charge in [0.1, 0.15) is 42.3 Å². The second-order valence-corrected chi connectivity index (χ2v) is 21.5. The van der Waals surface area contributed by atoms with E-state index in [0.29, 0.717) is 46.0 Å². The zero-order valence-electron chi connectivity index (χ0n) is 32.4. The number of alkyl carbamates (subject to hydrolysis) is 1. The lowest BCUT2D eigenvalue weighted by Crippen LogP contribution is -2.32. The molecular formula is C38H47F3N8O5Si. The van der Waals surface area contributed by atoms with Crippen molar-refractivity contribution in [2.75, 3.05) is 13.7 Å². The minimum atomic E-state index is -4.55. The first-order chi connectivity index (χ1) is 25.9. The number of halogens is 3. The molecule has 1 aromatic carbocycles. The summed E-state index contributed by atoms with van der Waals surface area (Å²) in [5.74, 6) is 1.27. The highest BCUT2D eigenvalue weighted by Crippen LogP contribution is 2.45. The molecule has 294 valence electrons. The number of carbonyl (C=O) groups excluding carboxylic acids is 1. The number of hydrogen-bond donors (Lipinski definition) is 1. The normalized spacial score (nSPS) is 13.7. The summed E-state index contributed by atoms with van der Waals surface area (Å²) in [6.07, 6.45) is 1.08. The molecule has 17 heteroatoms. The number of carbonyl (C=O) groups is 1. The number of alkyl halides is 3. The SMILES string of the molecule is COc1ncnc(C2CC2)c1-c1nc(OCc2ccc(-c3nc(C(F)(F)F)cn3C)cc2)c2c(CNC(=O)OC(C)(C)C)cn(COCC[Si](C)(C)C)c2n1. The minimum Gasteiger partial charge on any atom is -0.480 e. The van der Waals surface area contributed by atoms with Crippen LogP contribution < -0.4 is 14.8 Å². The molecule has 0 spiro atoms. The Morgan fingerprint density at radius 3 is 2.35 bits per heavy atom. The van der Waals surface area contributed by atoms with E-state index in [4.69, 9.17) is 28.9 Å². The molecule has 1 aliphatic carbocycles. The summed E-state index contributed by atoms with van der Waals surface area (Å²) < 4.78 is 67.1. The molecule has 0 unspecified atom stereocenters. The molecular weight excluding hydrogens is 734 g/mol. The van der Waals surface area contributed by atoms with Gasteiger partial charge in [-0.1, -0.05) is 43.9 Å². The molecule has 0 atom stereocenters. The van der Waals surface area contributed by atoms with Crippen molar-refractivity contribution in [3.63, 3.8) is 0 Å². The van der Waals surface area contributed by atoms with Crippen molar-refractivity contribution < 1.29 is 36.9 Å². The monoisotopic (exact) mass is 780 g/mol. The van der Waals surface area contributed by atoms with Crippen molar-refractivity contribution in [1.82, 2.24) is 39.4 Å². The molecule has 55 heavy (non-hydrogen) atoms. The summed E-state index contributed by atoms with van der Waals surface area (Å²) in [5.41, 5.74) is 2.11. The highest BCUT2D eigenvalue weighted by Gasteiger charge is 2.35. The van der Waals surface area contributed by atoms with Crippen molar-refractivity contribution >= 4 is 25.2 Å². The number of ether oxygens (including phenoxy) is 4. The van der Waals surface area contributed by atoms with Crippen molar-refractivity contribution in [1.29, 1.82) is 0 Å². The Morgan fingerprint density at radius 2 is 1.73 bits per heavy atom. The Labute approximate surface area is 318 Å². The summed E-state index contributed by atoms with van der Waals surface area (Å²) >= 11 is 0. The molecule has 1 saturated carbocycles.